The average Bonchev–Trinajstić information content (AvgIpc) is 2.68. The van der Waals surface area contributed by atoms with Crippen molar-refractivity contribution in [2.24, 2.45) is 0 Å². The molecule has 1 aromatic carbocycles. The minimum absolute atomic E-state index is 0.215. The molecule has 0 aromatic heterocycles. The number of alkyl halides is 3. The second-order valence-corrected chi connectivity index (χ2v) is 4.69. The second-order valence-electron chi connectivity index (χ2n) is 4.69. The van der Waals surface area contributed by atoms with Crippen LogP contribution in [0.4, 0.5) is 18.9 Å². The van der Waals surface area contributed by atoms with Gasteiger partial charge < -0.3 is 10.2 Å². The molecule has 1 unspecified atom stereocenters. The van der Waals surface area contributed by atoms with Crippen LogP contribution in [0.15, 0.2) is 18.2 Å². The van der Waals surface area contributed by atoms with Crippen LogP contribution in [-0.2, 0) is 6.42 Å². The SMILES string of the molecule is CNC(C)c1ccc2c(c1)CCN2CC(F)(F)F. The van der Waals surface area contributed by atoms with Crippen LogP contribution in [0, 0.1) is 0 Å². The van der Waals surface area contributed by atoms with E-state index in [0.717, 1.165) is 16.8 Å². The summed E-state index contributed by atoms with van der Waals surface area (Å²) in [6, 6.07) is 5.92. The van der Waals surface area contributed by atoms with Crippen LogP contribution in [0.3, 0.4) is 0 Å². The lowest BCUT2D eigenvalue weighted by atomic mass is 10.0. The minimum Gasteiger partial charge on any atom is -0.362 e. The normalized spacial score (nSPS) is 16.8. The zero-order valence-electron chi connectivity index (χ0n) is 10.5. The van der Waals surface area contributed by atoms with Gasteiger partial charge in [-0.15, -0.1) is 0 Å². The lowest BCUT2D eigenvalue weighted by molar-refractivity contribution is -0.119. The molecule has 1 heterocycles. The van der Waals surface area contributed by atoms with Crippen LogP contribution in [0.25, 0.3) is 0 Å². The summed E-state index contributed by atoms with van der Waals surface area (Å²) in [5.74, 6) is 0. The Morgan fingerprint density at radius 2 is 2.11 bits per heavy atom. The van der Waals surface area contributed by atoms with E-state index in [1.807, 2.05) is 26.1 Å². The van der Waals surface area contributed by atoms with Gasteiger partial charge in [-0.2, -0.15) is 13.2 Å². The summed E-state index contributed by atoms with van der Waals surface area (Å²) in [5, 5.41) is 3.13. The largest absolute Gasteiger partial charge is 0.405 e. The number of rotatable bonds is 3. The Labute approximate surface area is 105 Å². The number of anilines is 1. The van der Waals surface area contributed by atoms with Gasteiger partial charge in [0.05, 0.1) is 0 Å². The summed E-state index contributed by atoms with van der Waals surface area (Å²) >= 11 is 0. The topological polar surface area (TPSA) is 15.3 Å². The van der Waals surface area contributed by atoms with Crippen molar-refractivity contribution in [3.05, 3.63) is 29.3 Å². The van der Waals surface area contributed by atoms with Crippen molar-refractivity contribution in [2.45, 2.75) is 25.6 Å². The van der Waals surface area contributed by atoms with Crippen LogP contribution in [0.5, 0.6) is 0 Å². The number of hydrogen-bond donors (Lipinski definition) is 1. The molecule has 0 saturated carbocycles. The lowest BCUT2D eigenvalue weighted by Crippen LogP contribution is -2.32. The molecule has 5 heteroatoms. The first-order valence-electron chi connectivity index (χ1n) is 6.02. The Hall–Kier alpha value is -1.23. The molecule has 18 heavy (non-hydrogen) atoms. The van der Waals surface area contributed by atoms with Crippen molar-refractivity contribution < 1.29 is 13.2 Å². The molecule has 0 bridgehead atoms. The molecule has 0 spiro atoms. The first-order valence-corrected chi connectivity index (χ1v) is 6.02. The number of hydrogen-bond acceptors (Lipinski definition) is 2. The number of nitrogens with zero attached hydrogens (tertiary/aromatic N) is 1. The number of halogens is 3. The summed E-state index contributed by atoms with van der Waals surface area (Å²) in [7, 11) is 1.87. The van der Waals surface area contributed by atoms with E-state index in [4.69, 9.17) is 0 Å². The summed E-state index contributed by atoms with van der Waals surface area (Å²) in [6.07, 6.45) is -3.45. The molecule has 1 aromatic rings. The third kappa shape index (κ3) is 2.77. The number of nitrogens with one attached hydrogen (secondary N) is 1. The van der Waals surface area contributed by atoms with Crippen LogP contribution < -0.4 is 10.2 Å². The van der Waals surface area contributed by atoms with Gasteiger partial charge in [-0.25, -0.2) is 0 Å². The van der Waals surface area contributed by atoms with Gasteiger partial charge in [-0.3, -0.25) is 0 Å². The molecule has 1 atom stereocenters. The molecule has 0 fully saturated rings. The van der Waals surface area contributed by atoms with Gasteiger partial charge in [0.2, 0.25) is 0 Å². The Kier molecular flexibility index (Phi) is 3.52. The van der Waals surface area contributed by atoms with Gasteiger partial charge in [0.15, 0.2) is 0 Å². The smallest absolute Gasteiger partial charge is 0.362 e. The summed E-state index contributed by atoms with van der Waals surface area (Å²) in [4.78, 5) is 1.41. The molecule has 2 nitrogen and oxygen atoms in total. The Balaban J connectivity index is 2.20. The van der Waals surface area contributed by atoms with Gasteiger partial charge in [-0.05, 0) is 37.6 Å². The van der Waals surface area contributed by atoms with Crippen molar-refractivity contribution in [1.29, 1.82) is 0 Å². The molecule has 1 N–H and O–H groups in total. The van der Waals surface area contributed by atoms with Crippen LogP contribution in [-0.4, -0.2) is 26.3 Å². The van der Waals surface area contributed by atoms with Crippen LogP contribution in [0.2, 0.25) is 0 Å². The van der Waals surface area contributed by atoms with E-state index in [-0.39, 0.29) is 6.04 Å². The molecular formula is C13H17F3N2. The van der Waals surface area contributed by atoms with E-state index in [1.54, 1.807) is 6.07 Å². The monoisotopic (exact) mass is 258 g/mol. The molecule has 0 radical (unpaired) electrons. The van der Waals surface area contributed by atoms with Crippen molar-refractivity contribution in [3.63, 3.8) is 0 Å². The number of fused-ring (bicyclic) bond motifs is 1. The molecule has 1 aliphatic heterocycles. The Morgan fingerprint density at radius 1 is 1.39 bits per heavy atom. The fourth-order valence-corrected chi connectivity index (χ4v) is 2.31. The van der Waals surface area contributed by atoms with Gasteiger partial charge in [0.1, 0.15) is 6.54 Å². The van der Waals surface area contributed by atoms with Crippen LogP contribution >= 0.6 is 0 Å². The first-order chi connectivity index (χ1) is 8.40. The maximum Gasteiger partial charge on any atom is 0.405 e. The van der Waals surface area contributed by atoms with E-state index in [0.29, 0.717) is 13.0 Å². The van der Waals surface area contributed by atoms with Crippen molar-refractivity contribution in [1.82, 2.24) is 5.32 Å². The predicted molar refractivity (Wildman–Crippen MR) is 65.9 cm³/mol. The third-order valence-corrected chi connectivity index (χ3v) is 3.40. The predicted octanol–water partition coefficient (Wildman–Crippen LogP) is 2.89. The molecule has 2 rings (SSSR count). The lowest BCUT2D eigenvalue weighted by Gasteiger charge is -2.21. The van der Waals surface area contributed by atoms with Gasteiger partial charge in [0.25, 0.3) is 0 Å². The Morgan fingerprint density at radius 3 is 2.72 bits per heavy atom. The van der Waals surface area contributed by atoms with Gasteiger partial charge in [0, 0.05) is 18.3 Å². The summed E-state index contributed by atoms with van der Waals surface area (Å²) in [5.41, 5.74) is 2.85. The second kappa shape index (κ2) is 4.80. The maximum atomic E-state index is 12.4. The zero-order chi connectivity index (χ0) is 13.3. The van der Waals surface area contributed by atoms with Crippen molar-refractivity contribution in [3.8, 4) is 0 Å². The highest BCUT2D eigenvalue weighted by atomic mass is 19.4. The zero-order valence-corrected chi connectivity index (χ0v) is 10.5. The molecule has 0 aliphatic carbocycles. The highest BCUT2D eigenvalue weighted by Crippen LogP contribution is 2.32. The first kappa shape index (κ1) is 13.2. The van der Waals surface area contributed by atoms with E-state index >= 15 is 0 Å². The molecule has 1 aliphatic rings. The maximum absolute atomic E-state index is 12.4. The average molecular weight is 258 g/mol. The summed E-state index contributed by atoms with van der Waals surface area (Å²) < 4.78 is 37.2. The standard InChI is InChI=1S/C13H17F3N2/c1-9(17-2)10-3-4-12-11(7-10)5-6-18(12)8-13(14,15)16/h3-4,7,9,17H,5-6,8H2,1-2H3. The highest BCUT2D eigenvalue weighted by molar-refractivity contribution is 5.59. The quantitative estimate of drug-likeness (QED) is 0.896. The Bertz CT molecular complexity index is 429. The van der Waals surface area contributed by atoms with Gasteiger partial charge in [-0.1, -0.05) is 12.1 Å². The van der Waals surface area contributed by atoms with E-state index in [9.17, 15) is 13.2 Å². The highest BCUT2D eigenvalue weighted by Gasteiger charge is 2.33. The van der Waals surface area contributed by atoms with Crippen LogP contribution in [0.1, 0.15) is 24.1 Å². The minimum atomic E-state index is -4.14. The van der Waals surface area contributed by atoms with Crippen molar-refractivity contribution >= 4 is 5.69 Å². The van der Waals surface area contributed by atoms with Gasteiger partial charge >= 0.3 is 6.18 Å². The molecule has 100 valence electrons. The molecular weight excluding hydrogens is 241 g/mol. The van der Waals surface area contributed by atoms with E-state index < -0.39 is 12.7 Å². The van der Waals surface area contributed by atoms with Crippen molar-refractivity contribution in [2.75, 3.05) is 25.0 Å². The number of benzene rings is 1. The van der Waals surface area contributed by atoms with E-state index in [1.165, 1.54) is 4.90 Å². The fraction of sp³-hybridized carbons (Fsp3) is 0.538. The van der Waals surface area contributed by atoms with E-state index in [2.05, 4.69) is 5.32 Å². The molecule has 0 saturated heterocycles. The third-order valence-electron chi connectivity index (χ3n) is 3.40. The molecule has 0 amide bonds. The summed E-state index contributed by atoms with van der Waals surface area (Å²) in [6.45, 7) is 1.62. The fourth-order valence-electron chi connectivity index (χ4n) is 2.31.